The van der Waals surface area contributed by atoms with Crippen LogP contribution in [-0.2, 0) is 0 Å². The van der Waals surface area contributed by atoms with Gasteiger partial charge in [-0.25, -0.2) is 9.18 Å². The molecule has 0 amide bonds. The molecule has 0 heterocycles. The lowest BCUT2D eigenvalue weighted by Gasteiger charge is -2.00. The Morgan fingerprint density at radius 2 is 2.17 bits per heavy atom. The number of hydrogen-bond acceptors (Lipinski definition) is 1. The van der Waals surface area contributed by atoms with E-state index in [1.165, 1.54) is 6.07 Å². The van der Waals surface area contributed by atoms with Crippen molar-refractivity contribution in [3.05, 3.63) is 31.6 Å². The molecule has 0 spiro atoms. The van der Waals surface area contributed by atoms with Crippen molar-refractivity contribution < 1.29 is 14.3 Å². The van der Waals surface area contributed by atoms with Crippen LogP contribution in [0, 0.1) is 9.39 Å². The van der Waals surface area contributed by atoms with Gasteiger partial charge < -0.3 is 5.11 Å². The molecule has 1 rings (SSSR count). The van der Waals surface area contributed by atoms with Crippen LogP contribution in [-0.4, -0.2) is 11.1 Å². The van der Waals surface area contributed by atoms with Gasteiger partial charge in [-0.1, -0.05) is 0 Å². The Balaban J connectivity index is 3.33. The summed E-state index contributed by atoms with van der Waals surface area (Å²) in [6, 6.07) is 2.42. The number of aromatic carboxylic acids is 1. The summed E-state index contributed by atoms with van der Waals surface area (Å²) in [5.41, 5.74) is -0.0173. The van der Waals surface area contributed by atoms with E-state index < -0.39 is 11.8 Å². The quantitative estimate of drug-likeness (QED) is 0.628. The zero-order valence-electron chi connectivity index (χ0n) is 5.64. The lowest BCUT2D eigenvalue weighted by Crippen LogP contribution is -2.00. The summed E-state index contributed by atoms with van der Waals surface area (Å²) < 4.78 is 13.6. The Hall–Kier alpha value is -0.170. The monoisotopic (exact) mass is 344 g/mol. The predicted molar refractivity (Wildman–Crippen MR) is 53.8 cm³/mol. The topological polar surface area (TPSA) is 37.3 Å². The second kappa shape index (κ2) is 3.69. The highest BCUT2D eigenvalue weighted by Crippen LogP contribution is 2.22. The highest BCUT2D eigenvalue weighted by atomic mass is 127. The van der Waals surface area contributed by atoms with Gasteiger partial charge in [0.1, 0.15) is 5.82 Å². The molecule has 0 unspecified atom stereocenters. The van der Waals surface area contributed by atoms with E-state index in [0.29, 0.717) is 3.57 Å². The van der Waals surface area contributed by atoms with Crippen molar-refractivity contribution in [1.29, 1.82) is 0 Å². The van der Waals surface area contributed by atoms with Crippen molar-refractivity contribution in [1.82, 2.24) is 0 Å². The van der Waals surface area contributed by atoms with Crippen molar-refractivity contribution >= 4 is 44.5 Å². The summed E-state index contributed by atoms with van der Waals surface area (Å²) in [6.07, 6.45) is 0. The minimum absolute atomic E-state index is 0.0173. The first kappa shape index (κ1) is 9.91. The van der Waals surface area contributed by atoms with Gasteiger partial charge in [-0.3, -0.25) is 0 Å². The molecule has 64 valence electrons. The van der Waals surface area contributed by atoms with E-state index in [9.17, 15) is 9.18 Å². The smallest absolute Gasteiger partial charge is 0.336 e. The third-order valence-corrected chi connectivity index (χ3v) is 2.74. The minimum Gasteiger partial charge on any atom is -0.478 e. The van der Waals surface area contributed by atoms with Crippen LogP contribution in [0.2, 0.25) is 0 Å². The molecule has 1 N–H and O–H groups in total. The first-order valence-corrected chi connectivity index (χ1v) is 4.77. The third-order valence-electron chi connectivity index (χ3n) is 1.24. The molecular weight excluding hydrogens is 342 g/mol. The molecule has 1 aromatic rings. The second-order valence-electron chi connectivity index (χ2n) is 2.05. The first-order valence-electron chi connectivity index (χ1n) is 2.90. The lowest BCUT2D eigenvalue weighted by molar-refractivity contribution is 0.0695. The molecule has 5 heteroatoms. The molecule has 0 aromatic heterocycles. The van der Waals surface area contributed by atoms with Gasteiger partial charge in [-0.15, -0.1) is 0 Å². The van der Waals surface area contributed by atoms with Crippen molar-refractivity contribution in [2.24, 2.45) is 0 Å². The molecule has 0 bridgehead atoms. The summed E-state index contributed by atoms with van der Waals surface area (Å²) in [5.74, 6) is -1.68. The Labute approximate surface area is 90.0 Å². The molecule has 0 aliphatic heterocycles. The lowest BCUT2D eigenvalue weighted by atomic mass is 10.2. The number of benzene rings is 1. The van der Waals surface area contributed by atoms with E-state index in [1.807, 2.05) is 22.6 Å². The predicted octanol–water partition coefficient (Wildman–Crippen LogP) is 2.89. The van der Waals surface area contributed by atoms with E-state index in [-0.39, 0.29) is 10.0 Å². The van der Waals surface area contributed by atoms with E-state index >= 15 is 0 Å². The van der Waals surface area contributed by atoms with Crippen LogP contribution in [0.5, 0.6) is 0 Å². The Morgan fingerprint density at radius 3 is 2.67 bits per heavy atom. The van der Waals surface area contributed by atoms with Crippen LogP contribution in [0.15, 0.2) is 16.6 Å². The molecule has 0 radical (unpaired) electrons. The van der Waals surface area contributed by atoms with E-state index in [1.54, 1.807) is 0 Å². The van der Waals surface area contributed by atoms with Crippen LogP contribution in [0.25, 0.3) is 0 Å². The largest absolute Gasteiger partial charge is 0.478 e. The van der Waals surface area contributed by atoms with Crippen molar-refractivity contribution in [2.45, 2.75) is 0 Å². The van der Waals surface area contributed by atoms with E-state index in [0.717, 1.165) is 6.07 Å². The normalized spacial score (nSPS) is 9.92. The maximum atomic E-state index is 12.8. The second-order valence-corrected chi connectivity index (χ2v) is 4.07. The van der Waals surface area contributed by atoms with Crippen LogP contribution in [0.3, 0.4) is 0 Å². The van der Waals surface area contributed by atoms with Crippen LogP contribution in [0.4, 0.5) is 4.39 Å². The van der Waals surface area contributed by atoms with Gasteiger partial charge in [0.25, 0.3) is 0 Å². The van der Waals surface area contributed by atoms with Gasteiger partial charge in [0.15, 0.2) is 0 Å². The number of carboxylic acids is 1. The van der Waals surface area contributed by atoms with Crippen LogP contribution >= 0.6 is 38.5 Å². The zero-order chi connectivity index (χ0) is 9.30. The molecule has 2 nitrogen and oxygen atoms in total. The highest BCUT2D eigenvalue weighted by Gasteiger charge is 2.11. The first-order chi connectivity index (χ1) is 5.52. The standard InChI is InChI=1S/C7H3BrFIO2/c8-4-2-6(10)3(7(11)12)1-5(4)9/h1-2H,(H,11,12). The van der Waals surface area contributed by atoms with Gasteiger partial charge in [0, 0.05) is 3.57 Å². The Kier molecular flexibility index (Phi) is 3.05. The summed E-state index contributed by atoms with van der Waals surface area (Å²) in [7, 11) is 0. The van der Waals surface area contributed by atoms with Gasteiger partial charge >= 0.3 is 5.97 Å². The van der Waals surface area contributed by atoms with E-state index in [2.05, 4.69) is 15.9 Å². The molecule has 0 atom stereocenters. The molecule has 0 fully saturated rings. The SMILES string of the molecule is O=C(O)c1cc(F)c(Br)cc1I. The fourth-order valence-corrected chi connectivity index (χ4v) is 2.16. The maximum absolute atomic E-state index is 12.8. The third kappa shape index (κ3) is 1.95. The van der Waals surface area contributed by atoms with Gasteiger partial charge in [-0.05, 0) is 50.7 Å². The van der Waals surface area contributed by atoms with Gasteiger partial charge in [0.2, 0.25) is 0 Å². The highest BCUT2D eigenvalue weighted by molar-refractivity contribution is 14.1. The molecule has 0 saturated carbocycles. The molecule has 0 aliphatic rings. The fourth-order valence-electron chi connectivity index (χ4n) is 0.686. The van der Waals surface area contributed by atoms with E-state index in [4.69, 9.17) is 5.11 Å². The number of rotatable bonds is 1. The molecule has 0 aliphatic carbocycles. The molecule has 12 heavy (non-hydrogen) atoms. The van der Waals surface area contributed by atoms with Crippen LogP contribution < -0.4 is 0 Å². The van der Waals surface area contributed by atoms with Gasteiger partial charge in [-0.2, -0.15) is 0 Å². The summed E-state index contributed by atoms with van der Waals surface area (Å²) in [5, 5.41) is 8.59. The zero-order valence-corrected chi connectivity index (χ0v) is 9.39. The fraction of sp³-hybridized carbons (Fsp3) is 0. The average molecular weight is 345 g/mol. The molecule has 0 saturated heterocycles. The summed E-state index contributed by atoms with van der Waals surface area (Å²) in [6.45, 7) is 0. The van der Waals surface area contributed by atoms with Crippen molar-refractivity contribution in [2.75, 3.05) is 0 Å². The number of carbonyl (C=O) groups is 1. The average Bonchev–Trinajstić information content (AvgIpc) is 1.96. The summed E-state index contributed by atoms with van der Waals surface area (Å²) >= 11 is 4.80. The van der Waals surface area contributed by atoms with Crippen molar-refractivity contribution in [3.8, 4) is 0 Å². The van der Waals surface area contributed by atoms with Gasteiger partial charge in [0.05, 0.1) is 10.0 Å². The number of hydrogen-bond donors (Lipinski definition) is 1. The maximum Gasteiger partial charge on any atom is 0.336 e. The number of halogens is 3. The number of carboxylic acid groups (broad SMARTS) is 1. The van der Waals surface area contributed by atoms with Crippen molar-refractivity contribution in [3.63, 3.8) is 0 Å². The van der Waals surface area contributed by atoms with Crippen LogP contribution in [0.1, 0.15) is 10.4 Å². The Morgan fingerprint density at radius 1 is 1.58 bits per heavy atom. The molecule has 1 aromatic carbocycles. The molecular formula is C7H3BrFIO2. The Bertz CT molecular complexity index is 340. The minimum atomic E-state index is -1.12. The summed E-state index contributed by atoms with van der Waals surface area (Å²) in [4.78, 5) is 10.5.